The Bertz CT molecular complexity index is 284. The maximum absolute atomic E-state index is 12.0. The van der Waals surface area contributed by atoms with Crippen LogP contribution in [0.15, 0.2) is 0 Å². The third kappa shape index (κ3) is 3.39. The Kier molecular flexibility index (Phi) is 4.91. The average Bonchev–Trinajstić information content (AvgIpc) is 2.75. The summed E-state index contributed by atoms with van der Waals surface area (Å²) in [5.74, 6) is 1.23. The predicted octanol–water partition coefficient (Wildman–Crippen LogP) is 2.86. The summed E-state index contributed by atoms with van der Waals surface area (Å²) in [4.78, 5) is 12.0. The summed E-state index contributed by atoms with van der Waals surface area (Å²) in [7, 11) is 0. The van der Waals surface area contributed by atoms with Gasteiger partial charge in [0.1, 0.15) is 0 Å². The molecule has 0 aromatic rings. The molecule has 3 nitrogen and oxygen atoms in total. The Morgan fingerprint density at radius 1 is 1.39 bits per heavy atom. The van der Waals surface area contributed by atoms with Gasteiger partial charge in [-0.3, -0.25) is 4.79 Å². The fourth-order valence-corrected chi connectivity index (χ4v) is 3.50. The molecule has 1 amide bonds. The highest BCUT2D eigenvalue weighted by molar-refractivity contribution is 6.18. The molecule has 0 atom stereocenters. The summed E-state index contributed by atoms with van der Waals surface area (Å²) < 4.78 is 5.51. The second-order valence-electron chi connectivity index (χ2n) is 5.79. The fourth-order valence-electron chi connectivity index (χ4n) is 3.17. The van der Waals surface area contributed by atoms with Crippen molar-refractivity contribution in [2.75, 3.05) is 12.5 Å². The minimum Gasteiger partial charge on any atom is -0.378 e. The van der Waals surface area contributed by atoms with Crippen molar-refractivity contribution in [2.45, 2.75) is 63.5 Å². The van der Waals surface area contributed by atoms with Gasteiger partial charge < -0.3 is 10.1 Å². The second-order valence-corrected chi connectivity index (χ2v) is 6.06. The molecule has 0 aliphatic heterocycles. The number of hydrogen-bond donors (Lipinski definition) is 1. The zero-order chi connectivity index (χ0) is 13.0. The molecule has 18 heavy (non-hydrogen) atoms. The predicted molar refractivity (Wildman–Crippen MR) is 72.8 cm³/mol. The van der Waals surface area contributed by atoms with Crippen LogP contribution in [0.3, 0.4) is 0 Å². The van der Waals surface area contributed by atoms with Gasteiger partial charge in [0.15, 0.2) is 0 Å². The molecule has 2 rings (SSSR count). The van der Waals surface area contributed by atoms with Crippen molar-refractivity contribution in [3.05, 3.63) is 0 Å². The van der Waals surface area contributed by atoms with Crippen molar-refractivity contribution in [2.24, 2.45) is 5.92 Å². The molecule has 0 unspecified atom stereocenters. The van der Waals surface area contributed by atoms with Crippen LogP contribution in [0.2, 0.25) is 0 Å². The van der Waals surface area contributed by atoms with E-state index in [0.29, 0.717) is 24.3 Å². The van der Waals surface area contributed by atoms with Crippen LogP contribution in [0.1, 0.15) is 51.9 Å². The SMILES string of the molecule is CCOC1CC(CC(=O)NC2(CCl)CCCC2)C1. The molecule has 0 radical (unpaired) electrons. The van der Waals surface area contributed by atoms with Crippen LogP contribution in [-0.4, -0.2) is 30.0 Å². The molecule has 2 aliphatic carbocycles. The molecular weight excluding hydrogens is 250 g/mol. The summed E-state index contributed by atoms with van der Waals surface area (Å²) in [5.41, 5.74) is -0.109. The molecule has 2 saturated carbocycles. The van der Waals surface area contributed by atoms with Gasteiger partial charge in [-0.1, -0.05) is 12.8 Å². The van der Waals surface area contributed by atoms with E-state index < -0.39 is 0 Å². The number of amides is 1. The zero-order valence-corrected chi connectivity index (χ0v) is 12.0. The highest BCUT2D eigenvalue weighted by Gasteiger charge is 2.36. The van der Waals surface area contributed by atoms with Crippen LogP contribution < -0.4 is 5.32 Å². The van der Waals surface area contributed by atoms with Gasteiger partial charge in [-0.15, -0.1) is 11.6 Å². The van der Waals surface area contributed by atoms with E-state index in [1.165, 1.54) is 12.8 Å². The number of carbonyl (C=O) groups is 1. The van der Waals surface area contributed by atoms with E-state index in [2.05, 4.69) is 5.32 Å². The molecule has 104 valence electrons. The zero-order valence-electron chi connectivity index (χ0n) is 11.2. The molecule has 2 fully saturated rings. The average molecular weight is 274 g/mol. The standard InChI is InChI=1S/C14H24ClNO2/c1-2-18-12-7-11(8-12)9-13(17)16-14(10-15)5-3-4-6-14/h11-12H,2-10H2,1H3,(H,16,17). The Balaban J connectivity index is 1.69. The smallest absolute Gasteiger partial charge is 0.220 e. The number of nitrogens with one attached hydrogen (secondary N) is 1. The van der Waals surface area contributed by atoms with Gasteiger partial charge in [-0.25, -0.2) is 0 Å². The van der Waals surface area contributed by atoms with Crippen LogP contribution in [0.25, 0.3) is 0 Å². The van der Waals surface area contributed by atoms with E-state index in [9.17, 15) is 4.79 Å². The van der Waals surface area contributed by atoms with Gasteiger partial charge in [0.2, 0.25) is 5.91 Å². The van der Waals surface area contributed by atoms with E-state index in [4.69, 9.17) is 16.3 Å². The minimum atomic E-state index is -0.109. The van der Waals surface area contributed by atoms with Crippen molar-refractivity contribution in [1.29, 1.82) is 0 Å². The first kappa shape index (κ1) is 14.1. The summed E-state index contributed by atoms with van der Waals surface area (Å²) >= 11 is 6.02. The topological polar surface area (TPSA) is 38.3 Å². The van der Waals surface area contributed by atoms with Gasteiger partial charge in [0, 0.05) is 18.9 Å². The molecule has 2 aliphatic rings. The minimum absolute atomic E-state index is 0.109. The number of rotatable bonds is 6. The first-order chi connectivity index (χ1) is 8.67. The van der Waals surface area contributed by atoms with Gasteiger partial charge in [-0.2, -0.15) is 0 Å². The van der Waals surface area contributed by atoms with Crippen LogP contribution in [-0.2, 0) is 9.53 Å². The van der Waals surface area contributed by atoms with Crippen molar-refractivity contribution in [3.8, 4) is 0 Å². The lowest BCUT2D eigenvalue weighted by Crippen LogP contribution is -2.49. The second kappa shape index (κ2) is 6.25. The molecule has 0 heterocycles. The summed E-state index contributed by atoms with van der Waals surface area (Å²) in [6.45, 7) is 2.79. The van der Waals surface area contributed by atoms with E-state index in [-0.39, 0.29) is 11.4 Å². The van der Waals surface area contributed by atoms with Crippen LogP contribution in [0, 0.1) is 5.92 Å². The van der Waals surface area contributed by atoms with Crippen LogP contribution in [0.5, 0.6) is 0 Å². The Morgan fingerprint density at radius 2 is 2.06 bits per heavy atom. The Labute approximate surface area is 115 Å². The van der Waals surface area contributed by atoms with Crippen molar-refractivity contribution >= 4 is 17.5 Å². The maximum atomic E-state index is 12.0. The van der Waals surface area contributed by atoms with E-state index in [1.807, 2.05) is 6.92 Å². The molecule has 0 aromatic carbocycles. The molecule has 0 spiro atoms. The quantitative estimate of drug-likeness (QED) is 0.756. The van der Waals surface area contributed by atoms with Crippen LogP contribution in [0.4, 0.5) is 0 Å². The summed E-state index contributed by atoms with van der Waals surface area (Å²) in [6.07, 6.45) is 7.54. The number of halogens is 1. The number of alkyl halides is 1. The van der Waals surface area contributed by atoms with Gasteiger partial charge >= 0.3 is 0 Å². The van der Waals surface area contributed by atoms with Crippen molar-refractivity contribution in [3.63, 3.8) is 0 Å². The number of carbonyl (C=O) groups excluding carboxylic acids is 1. The maximum Gasteiger partial charge on any atom is 0.220 e. The monoisotopic (exact) mass is 273 g/mol. The normalized spacial score (nSPS) is 29.9. The number of hydrogen-bond acceptors (Lipinski definition) is 2. The molecule has 4 heteroatoms. The third-order valence-electron chi connectivity index (χ3n) is 4.29. The largest absolute Gasteiger partial charge is 0.378 e. The number of ether oxygens (including phenoxy) is 1. The third-order valence-corrected chi connectivity index (χ3v) is 4.80. The highest BCUT2D eigenvalue weighted by Crippen LogP contribution is 2.34. The Hall–Kier alpha value is -0.280. The summed E-state index contributed by atoms with van der Waals surface area (Å²) in [6, 6.07) is 0. The van der Waals surface area contributed by atoms with E-state index in [0.717, 1.165) is 32.3 Å². The van der Waals surface area contributed by atoms with E-state index >= 15 is 0 Å². The molecule has 0 aromatic heterocycles. The first-order valence-corrected chi connectivity index (χ1v) is 7.69. The Morgan fingerprint density at radius 3 is 2.61 bits per heavy atom. The van der Waals surface area contributed by atoms with Crippen molar-refractivity contribution < 1.29 is 9.53 Å². The van der Waals surface area contributed by atoms with Crippen molar-refractivity contribution in [1.82, 2.24) is 5.32 Å². The molecular formula is C14H24ClNO2. The van der Waals surface area contributed by atoms with Gasteiger partial charge in [-0.05, 0) is 38.5 Å². The van der Waals surface area contributed by atoms with Gasteiger partial charge in [0.05, 0.1) is 11.6 Å². The molecule has 0 saturated heterocycles. The fraction of sp³-hybridized carbons (Fsp3) is 0.929. The lowest BCUT2D eigenvalue weighted by atomic mass is 9.79. The van der Waals surface area contributed by atoms with Crippen LogP contribution >= 0.6 is 11.6 Å². The lowest BCUT2D eigenvalue weighted by Gasteiger charge is -2.36. The van der Waals surface area contributed by atoms with Gasteiger partial charge in [0.25, 0.3) is 0 Å². The molecule has 1 N–H and O–H groups in total. The highest BCUT2D eigenvalue weighted by atomic mass is 35.5. The summed E-state index contributed by atoms with van der Waals surface area (Å²) in [5, 5.41) is 3.18. The molecule has 0 bridgehead atoms. The van der Waals surface area contributed by atoms with E-state index in [1.54, 1.807) is 0 Å². The first-order valence-electron chi connectivity index (χ1n) is 7.16. The lowest BCUT2D eigenvalue weighted by molar-refractivity contribution is -0.126.